The Labute approximate surface area is 98.6 Å². The minimum absolute atomic E-state index is 0.467. The lowest BCUT2D eigenvalue weighted by atomic mass is 10.1. The molecule has 0 saturated heterocycles. The molecule has 0 bridgehead atoms. The molecule has 82 valence electrons. The summed E-state index contributed by atoms with van der Waals surface area (Å²) in [5, 5.41) is 2.10. The van der Waals surface area contributed by atoms with Gasteiger partial charge in [-0.1, -0.05) is 30.9 Å². The van der Waals surface area contributed by atoms with E-state index in [1.165, 1.54) is 0 Å². The van der Waals surface area contributed by atoms with Gasteiger partial charge in [-0.2, -0.15) is 0 Å². The fraction of sp³-hybridized carbons (Fsp3) is 0. The molecule has 0 aliphatic heterocycles. The van der Waals surface area contributed by atoms with Crippen LogP contribution in [0.1, 0.15) is 5.56 Å². The van der Waals surface area contributed by atoms with Crippen LogP contribution >= 0.6 is 0 Å². The maximum atomic E-state index is 5.91. The standard InChI is InChI=1S/C14H11N3/c1-2-9-5-6-10-11-4-3-7-16-13(11)14(15)17-12(10)8-9/h2-8H,1H2,(H2,15,17). The molecule has 3 rings (SSSR count). The molecule has 2 heterocycles. The molecule has 0 unspecified atom stereocenters. The van der Waals surface area contributed by atoms with Gasteiger partial charge in [-0.3, -0.25) is 4.98 Å². The smallest absolute Gasteiger partial charge is 0.150 e. The molecule has 2 aromatic heterocycles. The van der Waals surface area contributed by atoms with Crippen LogP contribution < -0.4 is 5.73 Å². The Morgan fingerprint density at radius 2 is 2.06 bits per heavy atom. The second kappa shape index (κ2) is 3.56. The van der Waals surface area contributed by atoms with E-state index in [1.54, 1.807) is 12.3 Å². The van der Waals surface area contributed by atoms with E-state index >= 15 is 0 Å². The second-order valence-corrected chi connectivity index (χ2v) is 3.88. The normalized spacial score (nSPS) is 10.8. The Kier molecular flexibility index (Phi) is 2.05. The van der Waals surface area contributed by atoms with Crippen molar-refractivity contribution < 1.29 is 0 Å². The van der Waals surface area contributed by atoms with E-state index in [-0.39, 0.29) is 0 Å². The van der Waals surface area contributed by atoms with Gasteiger partial charge in [0.2, 0.25) is 0 Å². The number of rotatable bonds is 1. The minimum Gasteiger partial charge on any atom is -0.382 e. The van der Waals surface area contributed by atoms with Crippen molar-refractivity contribution >= 4 is 33.7 Å². The molecule has 0 radical (unpaired) electrons. The fourth-order valence-corrected chi connectivity index (χ4v) is 2.01. The van der Waals surface area contributed by atoms with Crippen molar-refractivity contribution in [2.75, 3.05) is 5.73 Å². The van der Waals surface area contributed by atoms with Crippen molar-refractivity contribution in [1.82, 2.24) is 9.97 Å². The number of nitrogen functional groups attached to an aromatic ring is 1. The third-order valence-corrected chi connectivity index (χ3v) is 2.84. The van der Waals surface area contributed by atoms with Crippen LogP contribution in [0.15, 0.2) is 43.1 Å². The number of hydrogen-bond acceptors (Lipinski definition) is 3. The zero-order valence-electron chi connectivity index (χ0n) is 9.22. The van der Waals surface area contributed by atoms with Gasteiger partial charge in [0, 0.05) is 17.0 Å². The van der Waals surface area contributed by atoms with Crippen molar-refractivity contribution in [3.63, 3.8) is 0 Å². The molecule has 0 aliphatic carbocycles. The van der Waals surface area contributed by atoms with Gasteiger partial charge in [0.1, 0.15) is 5.52 Å². The molecule has 0 saturated carbocycles. The molecular weight excluding hydrogens is 210 g/mol. The molecule has 2 N–H and O–H groups in total. The highest BCUT2D eigenvalue weighted by atomic mass is 14.9. The summed E-state index contributed by atoms with van der Waals surface area (Å²) in [4.78, 5) is 8.65. The van der Waals surface area contributed by atoms with E-state index in [0.717, 1.165) is 27.4 Å². The zero-order chi connectivity index (χ0) is 11.8. The van der Waals surface area contributed by atoms with E-state index in [2.05, 4.69) is 16.5 Å². The van der Waals surface area contributed by atoms with E-state index in [0.29, 0.717) is 5.82 Å². The molecular formula is C14H11N3. The van der Waals surface area contributed by atoms with Crippen LogP contribution in [0.3, 0.4) is 0 Å². The first-order valence-electron chi connectivity index (χ1n) is 5.36. The number of aromatic nitrogens is 2. The van der Waals surface area contributed by atoms with Gasteiger partial charge in [0.15, 0.2) is 5.82 Å². The lowest BCUT2D eigenvalue weighted by Gasteiger charge is -2.05. The molecule has 3 aromatic rings. The summed E-state index contributed by atoms with van der Waals surface area (Å²) in [5.41, 5.74) is 8.58. The molecule has 0 spiro atoms. The highest BCUT2D eigenvalue weighted by molar-refractivity contribution is 6.08. The molecule has 3 nitrogen and oxygen atoms in total. The first-order valence-corrected chi connectivity index (χ1v) is 5.36. The van der Waals surface area contributed by atoms with Crippen LogP contribution in [0, 0.1) is 0 Å². The van der Waals surface area contributed by atoms with Gasteiger partial charge in [0.05, 0.1) is 5.52 Å². The Balaban J connectivity index is 2.52. The Morgan fingerprint density at radius 1 is 1.18 bits per heavy atom. The molecule has 3 heteroatoms. The first kappa shape index (κ1) is 9.78. The topological polar surface area (TPSA) is 51.8 Å². The summed E-state index contributed by atoms with van der Waals surface area (Å²) in [6.45, 7) is 3.75. The number of anilines is 1. The van der Waals surface area contributed by atoms with Crippen LogP contribution in [0.5, 0.6) is 0 Å². The van der Waals surface area contributed by atoms with Crippen LogP contribution in [-0.2, 0) is 0 Å². The number of hydrogen-bond donors (Lipinski definition) is 1. The summed E-state index contributed by atoms with van der Waals surface area (Å²) in [5.74, 6) is 0.467. The van der Waals surface area contributed by atoms with Crippen molar-refractivity contribution in [3.05, 3.63) is 48.7 Å². The highest BCUT2D eigenvalue weighted by Gasteiger charge is 2.06. The van der Waals surface area contributed by atoms with E-state index in [1.807, 2.05) is 30.3 Å². The molecule has 0 fully saturated rings. The Morgan fingerprint density at radius 3 is 2.88 bits per heavy atom. The van der Waals surface area contributed by atoms with Crippen LogP contribution in [-0.4, -0.2) is 9.97 Å². The molecule has 0 atom stereocenters. The highest BCUT2D eigenvalue weighted by Crippen LogP contribution is 2.26. The first-order chi connectivity index (χ1) is 8.29. The molecule has 0 amide bonds. The van der Waals surface area contributed by atoms with E-state index in [4.69, 9.17) is 5.73 Å². The maximum Gasteiger partial charge on any atom is 0.150 e. The Hall–Kier alpha value is -2.42. The number of benzene rings is 1. The van der Waals surface area contributed by atoms with Crippen molar-refractivity contribution in [3.8, 4) is 0 Å². The van der Waals surface area contributed by atoms with Crippen molar-refractivity contribution in [1.29, 1.82) is 0 Å². The van der Waals surface area contributed by atoms with E-state index < -0.39 is 0 Å². The zero-order valence-corrected chi connectivity index (χ0v) is 9.22. The van der Waals surface area contributed by atoms with Gasteiger partial charge in [-0.25, -0.2) is 4.98 Å². The summed E-state index contributed by atoms with van der Waals surface area (Å²) >= 11 is 0. The summed E-state index contributed by atoms with van der Waals surface area (Å²) in [6, 6.07) is 9.94. The van der Waals surface area contributed by atoms with Gasteiger partial charge >= 0.3 is 0 Å². The Bertz CT molecular complexity index is 732. The average molecular weight is 221 g/mol. The predicted octanol–water partition coefficient (Wildman–Crippen LogP) is 3.01. The fourth-order valence-electron chi connectivity index (χ4n) is 2.01. The maximum absolute atomic E-state index is 5.91. The number of pyridine rings is 2. The van der Waals surface area contributed by atoms with Gasteiger partial charge in [0.25, 0.3) is 0 Å². The van der Waals surface area contributed by atoms with Crippen molar-refractivity contribution in [2.45, 2.75) is 0 Å². The lowest BCUT2D eigenvalue weighted by Crippen LogP contribution is -1.95. The quantitative estimate of drug-likeness (QED) is 0.642. The average Bonchev–Trinajstić information content (AvgIpc) is 2.38. The van der Waals surface area contributed by atoms with Crippen molar-refractivity contribution in [2.24, 2.45) is 0 Å². The second-order valence-electron chi connectivity index (χ2n) is 3.88. The van der Waals surface area contributed by atoms with Crippen LogP contribution in [0.2, 0.25) is 0 Å². The number of nitrogens with zero attached hydrogens (tertiary/aromatic N) is 2. The SMILES string of the molecule is C=Cc1ccc2c(c1)nc(N)c1ncccc12. The summed E-state index contributed by atoms with van der Waals surface area (Å²) < 4.78 is 0. The van der Waals surface area contributed by atoms with Gasteiger partial charge < -0.3 is 5.73 Å². The van der Waals surface area contributed by atoms with Crippen LogP contribution in [0.25, 0.3) is 27.9 Å². The third kappa shape index (κ3) is 1.44. The van der Waals surface area contributed by atoms with Crippen LogP contribution in [0.4, 0.5) is 5.82 Å². The van der Waals surface area contributed by atoms with Gasteiger partial charge in [-0.15, -0.1) is 0 Å². The summed E-state index contributed by atoms with van der Waals surface area (Å²) in [7, 11) is 0. The predicted molar refractivity (Wildman–Crippen MR) is 71.5 cm³/mol. The number of fused-ring (bicyclic) bond motifs is 3. The largest absolute Gasteiger partial charge is 0.382 e. The number of nitrogens with two attached hydrogens (primary N) is 1. The molecule has 17 heavy (non-hydrogen) atoms. The monoisotopic (exact) mass is 221 g/mol. The van der Waals surface area contributed by atoms with E-state index in [9.17, 15) is 0 Å². The molecule has 0 aliphatic rings. The third-order valence-electron chi connectivity index (χ3n) is 2.84. The molecule has 1 aromatic carbocycles. The lowest BCUT2D eigenvalue weighted by molar-refractivity contribution is 1.36. The summed E-state index contributed by atoms with van der Waals surface area (Å²) in [6.07, 6.45) is 3.52. The minimum atomic E-state index is 0.467. The van der Waals surface area contributed by atoms with Gasteiger partial charge in [-0.05, 0) is 17.7 Å².